The standard InChI is InChI=1S/C9H11F2NO/c1-12-9(5-13)6-2-7(10)4-8(11)3-6/h2-4,9,12-13H,5H2,1H3/t9-/m0/s1. The number of aliphatic hydroxyl groups is 1. The van der Waals surface area contributed by atoms with Gasteiger partial charge in [-0.15, -0.1) is 0 Å². The fourth-order valence-corrected chi connectivity index (χ4v) is 1.14. The summed E-state index contributed by atoms with van der Waals surface area (Å²) in [5.74, 6) is -1.27. The van der Waals surface area contributed by atoms with Crippen LogP contribution in [0.15, 0.2) is 18.2 Å². The molecule has 0 unspecified atom stereocenters. The summed E-state index contributed by atoms with van der Waals surface area (Å²) in [6.45, 7) is -0.195. The largest absolute Gasteiger partial charge is 0.394 e. The predicted octanol–water partition coefficient (Wildman–Crippen LogP) is 1.22. The van der Waals surface area contributed by atoms with Crippen molar-refractivity contribution < 1.29 is 13.9 Å². The van der Waals surface area contributed by atoms with Gasteiger partial charge in [-0.2, -0.15) is 0 Å². The van der Waals surface area contributed by atoms with Gasteiger partial charge >= 0.3 is 0 Å². The van der Waals surface area contributed by atoms with Crippen LogP contribution in [0.2, 0.25) is 0 Å². The predicted molar refractivity (Wildman–Crippen MR) is 45.2 cm³/mol. The molecule has 0 saturated carbocycles. The average molecular weight is 187 g/mol. The van der Waals surface area contributed by atoms with Gasteiger partial charge in [0.05, 0.1) is 12.6 Å². The van der Waals surface area contributed by atoms with Crippen LogP contribution in [-0.4, -0.2) is 18.8 Å². The van der Waals surface area contributed by atoms with E-state index in [4.69, 9.17) is 5.11 Å². The second kappa shape index (κ2) is 4.30. The number of benzene rings is 1. The Morgan fingerprint density at radius 3 is 2.23 bits per heavy atom. The lowest BCUT2D eigenvalue weighted by Crippen LogP contribution is -2.20. The van der Waals surface area contributed by atoms with E-state index in [1.54, 1.807) is 7.05 Å². The van der Waals surface area contributed by atoms with Crippen LogP contribution in [0.5, 0.6) is 0 Å². The summed E-state index contributed by atoms with van der Waals surface area (Å²) >= 11 is 0. The van der Waals surface area contributed by atoms with Crippen LogP contribution in [0, 0.1) is 11.6 Å². The van der Waals surface area contributed by atoms with Crippen LogP contribution in [0.3, 0.4) is 0 Å². The molecule has 0 bridgehead atoms. The van der Waals surface area contributed by atoms with E-state index in [0.29, 0.717) is 5.56 Å². The molecule has 0 radical (unpaired) electrons. The van der Waals surface area contributed by atoms with Crippen LogP contribution in [0.4, 0.5) is 8.78 Å². The maximum absolute atomic E-state index is 12.7. The van der Waals surface area contributed by atoms with Gasteiger partial charge in [-0.1, -0.05) is 0 Å². The molecule has 1 aromatic rings. The van der Waals surface area contributed by atoms with Gasteiger partial charge in [0.15, 0.2) is 0 Å². The van der Waals surface area contributed by atoms with Crippen molar-refractivity contribution in [1.29, 1.82) is 0 Å². The van der Waals surface area contributed by atoms with Crippen molar-refractivity contribution in [2.75, 3.05) is 13.7 Å². The first-order chi connectivity index (χ1) is 6.17. The summed E-state index contributed by atoms with van der Waals surface area (Å²) in [7, 11) is 1.61. The first-order valence-corrected chi connectivity index (χ1v) is 3.91. The zero-order chi connectivity index (χ0) is 9.84. The van der Waals surface area contributed by atoms with Gasteiger partial charge < -0.3 is 10.4 Å². The van der Waals surface area contributed by atoms with Gasteiger partial charge in [0.25, 0.3) is 0 Å². The molecule has 72 valence electrons. The molecule has 1 aromatic carbocycles. The third-order valence-corrected chi connectivity index (χ3v) is 1.82. The second-order valence-electron chi connectivity index (χ2n) is 2.73. The quantitative estimate of drug-likeness (QED) is 0.745. The van der Waals surface area contributed by atoms with Crippen LogP contribution in [0.25, 0.3) is 0 Å². The molecule has 0 fully saturated rings. The number of rotatable bonds is 3. The highest BCUT2D eigenvalue weighted by molar-refractivity contribution is 5.21. The van der Waals surface area contributed by atoms with Crippen molar-refractivity contribution in [1.82, 2.24) is 5.32 Å². The maximum atomic E-state index is 12.7. The summed E-state index contributed by atoms with van der Waals surface area (Å²) in [5, 5.41) is 11.6. The second-order valence-corrected chi connectivity index (χ2v) is 2.73. The van der Waals surface area contributed by atoms with Crippen molar-refractivity contribution in [2.24, 2.45) is 0 Å². The van der Waals surface area contributed by atoms with Gasteiger partial charge in [0.1, 0.15) is 11.6 Å². The summed E-state index contributed by atoms with van der Waals surface area (Å²) < 4.78 is 25.4. The molecule has 0 aliphatic rings. The molecule has 1 rings (SSSR count). The molecule has 13 heavy (non-hydrogen) atoms. The Labute approximate surface area is 75.2 Å². The molecular weight excluding hydrogens is 176 g/mol. The Hall–Kier alpha value is -1.00. The van der Waals surface area contributed by atoms with Crippen molar-refractivity contribution in [3.8, 4) is 0 Å². The molecule has 4 heteroatoms. The maximum Gasteiger partial charge on any atom is 0.126 e. The van der Waals surface area contributed by atoms with Gasteiger partial charge in [-0.25, -0.2) is 8.78 Å². The highest BCUT2D eigenvalue weighted by atomic mass is 19.1. The SMILES string of the molecule is CN[C@@H](CO)c1cc(F)cc(F)c1. The van der Waals surface area contributed by atoms with Crippen LogP contribution < -0.4 is 5.32 Å². The number of nitrogens with one attached hydrogen (secondary N) is 1. The molecule has 0 aliphatic carbocycles. The van der Waals surface area contributed by atoms with Crippen molar-refractivity contribution in [3.05, 3.63) is 35.4 Å². The first kappa shape index (κ1) is 10.1. The van der Waals surface area contributed by atoms with Gasteiger partial charge in [0.2, 0.25) is 0 Å². The molecule has 2 nitrogen and oxygen atoms in total. The van der Waals surface area contributed by atoms with Gasteiger partial charge in [-0.3, -0.25) is 0 Å². The summed E-state index contributed by atoms with van der Waals surface area (Å²) in [6.07, 6.45) is 0. The molecule has 1 atom stereocenters. The number of halogens is 2. The third-order valence-electron chi connectivity index (χ3n) is 1.82. The molecule has 0 amide bonds. The van der Waals surface area contributed by atoms with Crippen LogP contribution >= 0.6 is 0 Å². The molecule has 2 N–H and O–H groups in total. The smallest absolute Gasteiger partial charge is 0.126 e. The van der Waals surface area contributed by atoms with E-state index >= 15 is 0 Å². The van der Waals surface area contributed by atoms with E-state index in [1.807, 2.05) is 0 Å². The number of hydrogen-bond donors (Lipinski definition) is 2. The lowest BCUT2D eigenvalue weighted by Gasteiger charge is -2.13. The van der Waals surface area contributed by atoms with Crippen LogP contribution in [0.1, 0.15) is 11.6 Å². The molecule has 0 aromatic heterocycles. The van der Waals surface area contributed by atoms with E-state index in [0.717, 1.165) is 6.07 Å². The fraction of sp³-hybridized carbons (Fsp3) is 0.333. The summed E-state index contributed by atoms with van der Waals surface area (Å²) in [6, 6.07) is 2.76. The topological polar surface area (TPSA) is 32.3 Å². The zero-order valence-corrected chi connectivity index (χ0v) is 7.22. The Morgan fingerprint density at radius 2 is 1.85 bits per heavy atom. The fourth-order valence-electron chi connectivity index (χ4n) is 1.14. The number of likely N-dealkylation sites (N-methyl/N-ethyl adjacent to an activating group) is 1. The molecule has 0 aliphatic heterocycles. The monoisotopic (exact) mass is 187 g/mol. The number of aliphatic hydroxyl groups excluding tert-OH is 1. The zero-order valence-electron chi connectivity index (χ0n) is 7.22. The molecule has 0 spiro atoms. The lowest BCUT2D eigenvalue weighted by atomic mass is 10.1. The van der Waals surface area contributed by atoms with Crippen molar-refractivity contribution in [3.63, 3.8) is 0 Å². The lowest BCUT2D eigenvalue weighted by molar-refractivity contribution is 0.250. The van der Waals surface area contributed by atoms with E-state index in [-0.39, 0.29) is 6.61 Å². The van der Waals surface area contributed by atoms with E-state index in [2.05, 4.69) is 5.32 Å². The summed E-state index contributed by atoms with van der Waals surface area (Å²) in [4.78, 5) is 0. The minimum Gasteiger partial charge on any atom is -0.394 e. The normalized spacial score (nSPS) is 12.9. The van der Waals surface area contributed by atoms with Gasteiger partial charge in [-0.05, 0) is 24.7 Å². The van der Waals surface area contributed by atoms with E-state index in [9.17, 15) is 8.78 Å². The highest BCUT2D eigenvalue weighted by Gasteiger charge is 2.09. The van der Waals surface area contributed by atoms with Gasteiger partial charge in [0, 0.05) is 6.07 Å². The minimum absolute atomic E-state index is 0.195. The van der Waals surface area contributed by atoms with Crippen molar-refractivity contribution in [2.45, 2.75) is 6.04 Å². The molecular formula is C9H11F2NO. The Morgan fingerprint density at radius 1 is 1.31 bits per heavy atom. The Kier molecular flexibility index (Phi) is 3.33. The number of hydrogen-bond acceptors (Lipinski definition) is 2. The minimum atomic E-state index is -0.635. The Balaban J connectivity index is 2.99. The third kappa shape index (κ3) is 2.47. The highest BCUT2D eigenvalue weighted by Crippen LogP contribution is 2.15. The molecule has 0 heterocycles. The summed E-state index contributed by atoms with van der Waals surface area (Å²) in [5.41, 5.74) is 0.405. The van der Waals surface area contributed by atoms with E-state index in [1.165, 1.54) is 12.1 Å². The average Bonchev–Trinajstić information content (AvgIpc) is 2.04. The first-order valence-electron chi connectivity index (χ1n) is 3.91. The van der Waals surface area contributed by atoms with Crippen LogP contribution in [-0.2, 0) is 0 Å². The molecule has 0 saturated heterocycles. The van der Waals surface area contributed by atoms with Crippen molar-refractivity contribution >= 4 is 0 Å². The van der Waals surface area contributed by atoms with E-state index < -0.39 is 17.7 Å². The Bertz CT molecular complexity index is 267.